The van der Waals surface area contributed by atoms with Crippen molar-refractivity contribution in [3.8, 4) is 0 Å². The van der Waals surface area contributed by atoms with E-state index in [0.29, 0.717) is 5.56 Å². The summed E-state index contributed by atoms with van der Waals surface area (Å²) in [6.07, 6.45) is 0. The molecule has 2 rings (SSSR count). The van der Waals surface area contributed by atoms with Crippen molar-refractivity contribution in [3.63, 3.8) is 0 Å². The third-order valence-electron chi connectivity index (χ3n) is 3.77. The van der Waals surface area contributed by atoms with Crippen LogP contribution in [0.2, 0.25) is 0 Å². The van der Waals surface area contributed by atoms with Crippen molar-refractivity contribution >= 4 is 21.8 Å². The molecule has 0 saturated carbocycles. The lowest BCUT2D eigenvalue weighted by molar-refractivity contribution is -0.221. The molecule has 1 saturated heterocycles. The zero-order valence-corrected chi connectivity index (χ0v) is 12.7. The normalized spacial score (nSPS) is 26.4. The van der Waals surface area contributed by atoms with Gasteiger partial charge in [0.25, 0.3) is 5.91 Å². The van der Waals surface area contributed by atoms with Gasteiger partial charge in [-0.1, -0.05) is 28.1 Å². The Bertz CT molecular complexity index is 498. The molecule has 3 nitrogen and oxygen atoms in total. The Morgan fingerprint density at radius 1 is 1.33 bits per heavy atom. The van der Waals surface area contributed by atoms with Gasteiger partial charge in [0.1, 0.15) is 0 Å². The minimum Gasteiger partial charge on any atom is -0.374 e. The molecule has 98 valence electrons. The number of rotatable bonds is 2. The van der Waals surface area contributed by atoms with Crippen LogP contribution in [0.25, 0.3) is 0 Å². The van der Waals surface area contributed by atoms with E-state index >= 15 is 0 Å². The quantitative estimate of drug-likeness (QED) is 0.853. The van der Waals surface area contributed by atoms with Crippen LogP contribution in [0.4, 0.5) is 0 Å². The molecular formula is C14H18BrNO2. The fourth-order valence-electron chi connectivity index (χ4n) is 2.88. The first kappa shape index (κ1) is 13.6. The predicted octanol–water partition coefficient (Wildman–Crippen LogP) is 2.67. The van der Waals surface area contributed by atoms with Crippen LogP contribution in [-0.2, 0) is 10.4 Å². The van der Waals surface area contributed by atoms with Gasteiger partial charge in [-0.2, -0.15) is 0 Å². The van der Waals surface area contributed by atoms with Crippen LogP contribution in [0.15, 0.2) is 28.7 Å². The van der Waals surface area contributed by atoms with E-state index in [2.05, 4.69) is 15.9 Å². The standard InChI is InChI=1S/C14H18BrNO2/c1-9(2)16-12(17)14(18,13(16,3)4)10-6-5-7-11(15)8-10/h5-9,18H,1-4H3/t14-/m0/s1. The Morgan fingerprint density at radius 3 is 2.39 bits per heavy atom. The van der Waals surface area contributed by atoms with Crippen LogP contribution in [0, 0.1) is 0 Å². The number of hydrogen-bond donors (Lipinski definition) is 1. The molecule has 0 spiro atoms. The zero-order valence-electron chi connectivity index (χ0n) is 11.1. The maximum absolute atomic E-state index is 12.3. The fourth-order valence-corrected chi connectivity index (χ4v) is 3.28. The molecule has 0 radical (unpaired) electrons. The number of nitrogens with zero attached hydrogens (tertiary/aromatic N) is 1. The Balaban J connectivity index is 2.48. The molecule has 4 heteroatoms. The van der Waals surface area contributed by atoms with Crippen LogP contribution >= 0.6 is 15.9 Å². The van der Waals surface area contributed by atoms with E-state index < -0.39 is 11.1 Å². The molecule has 0 unspecified atom stereocenters. The monoisotopic (exact) mass is 311 g/mol. The lowest BCUT2D eigenvalue weighted by Gasteiger charge is -2.61. The van der Waals surface area contributed by atoms with E-state index in [1.807, 2.05) is 39.8 Å². The van der Waals surface area contributed by atoms with E-state index in [0.717, 1.165) is 4.47 Å². The number of aliphatic hydroxyl groups is 1. The Labute approximate surface area is 116 Å². The number of halogens is 1. The van der Waals surface area contributed by atoms with Crippen molar-refractivity contribution < 1.29 is 9.90 Å². The van der Waals surface area contributed by atoms with Gasteiger partial charge in [-0.05, 0) is 45.4 Å². The van der Waals surface area contributed by atoms with Gasteiger partial charge in [-0.25, -0.2) is 0 Å². The summed E-state index contributed by atoms with van der Waals surface area (Å²) in [6.45, 7) is 7.71. The van der Waals surface area contributed by atoms with E-state index in [-0.39, 0.29) is 11.9 Å². The van der Waals surface area contributed by atoms with Gasteiger partial charge < -0.3 is 10.0 Å². The second kappa shape index (κ2) is 4.07. The molecular weight excluding hydrogens is 294 g/mol. The van der Waals surface area contributed by atoms with Crippen LogP contribution in [0.1, 0.15) is 33.3 Å². The Kier molecular flexibility index (Phi) is 3.06. The smallest absolute Gasteiger partial charge is 0.262 e. The number of β-lactam (4-membered cyclic amide) rings is 1. The number of carbonyl (C=O) groups is 1. The largest absolute Gasteiger partial charge is 0.374 e. The summed E-state index contributed by atoms with van der Waals surface area (Å²) in [5.41, 5.74) is -1.39. The van der Waals surface area contributed by atoms with Crippen molar-refractivity contribution in [2.45, 2.75) is 44.9 Å². The Hall–Kier alpha value is -0.870. The number of likely N-dealkylation sites (tertiary alicyclic amines) is 1. The van der Waals surface area contributed by atoms with Crippen molar-refractivity contribution in [3.05, 3.63) is 34.3 Å². The first-order chi connectivity index (χ1) is 8.23. The minimum atomic E-state index is -1.43. The highest BCUT2D eigenvalue weighted by Crippen LogP contribution is 2.49. The molecule has 0 bridgehead atoms. The lowest BCUT2D eigenvalue weighted by atomic mass is 9.67. The van der Waals surface area contributed by atoms with Gasteiger partial charge in [0, 0.05) is 10.5 Å². The molecule has 0 aliphatic carbocycles. The number of benzene rings is 1. The summed E-state index contributed by atoms with van der Waals surface area (Å²) in [4.78, 5) is 14.0. The highest BCUT2D eigenvalue weighted by Gasteiger charge is 2.67. The first-order valence-corrected chi connectivity index (χ1v) is 6.84. The first-order valence-electron chi connectivity index (χ1n) is 6.05. The SMILES string of the molecule is CC(C)N1C(=O)[C@@](O)(c2cccc(Br)c2)C1(C)C. The summed E-state index contributed by atoms with van der Waals surface area (Å²) >= 11 is 3.37. The summed E-state index contributed by atoms with van der Waals surface area (Å²) in [6, 6.07) is 7.39. The summed E-state index contributed by atoms with van der Waals surface area (Å²) in [5, 5.41) is 10.8. The molecule has 1 fully saturated rings. The van der Waals surface area contributed by atoms with Crippen LogP contribution in [0.3, 0.4) is 0 Å². The van der Waals surface area contributed by atoms with Crippen LogP contribution in [-0.4, -0.2) is 27.5 Å². The molecule has 1 heterocycles. The average molecular weight is 312 g/mol. The molecule has 1 amide bonds. The van der Waals surface area contributed by atoms with Gasteiger partial charge in [0.15, 0.2) is 5.60 Å². The van der Waals surface area contributed by atoms with Crippen molar-refractivity contribution in [1.82, 2.24) is 4.90 Å². The molecule has 0 aromatic heterocycles. The minimum absolute atomic E-state index is 0.0833. The van der Waals surface area contributed by atoms with Gasteiger partial charge in [-0.15, -0.1) is 0 Å². The lowest BCUT2D eigenvalue weighted by Crippen LogP contribution is -2.79. The zero-order chi connectivity index (χ0) is 13.7. The number of carbonyl (C=O) groups excluding carboxylic acids is 1. The maximum atomic E-state index is 12.3. The van der Waals surface area contributed by atoms with Gasteiger partial charge in [0.05, 0.1) is 5.54 Å². The van der Waals surface area contributed by atoms with Crippen LogP contribution in [0.5, 0.6) is 0 Å². The van der Waals surface area contributed by atoms with Crippen LogP contribution < -0.4 is 0 Å². The average Bonchev–Trinajstić information content (AvgIpc) is 2.26. The summed E-state index contributed by atoms with van der Waals surface area (Å²) < 4.78 is 0.861. The molecule has 1 aromatic carbocycles. The second-order valence-electron chi connectivity index (χ2n) is 5.55. The molecule has 1 atom stereocenters. The van der Waals surface area contributed by atoms with E-state index in [9.17, 15) is 9.90 Å². The van der Waals surface area contributed by atoms with E-state index in [4.69, 9.17) is 0 Å². The van der Waals surface area contributed by atoms with Crippen molar-refractivity contribution in [1.29, 1.82) is 0 Å². The topological polar surface area (TPSA) is 40.5 Å². The summed E-state index contributed by atoms with van der Waals surface area (Å²) in [5.74, 6) is -0.222. The molecule has 1 aliphatic rings. The van der Waals surface area contributed by atoms with Gasteiger partial charge in [0.2, 0.25) is 0 Å². The Morgan fingerprint density at radius 2 is 1.94 bits per heavy atom. The highest BCUT2D eigenvalue weighted by atomic mass is 79.9. The fraction of sp³-hybridized carbons (Fsp3) is 0.500. The molecule has 1 aromatic rings. The molecule has 18 heavy (non-hydrogen) atoms. The summed E-state index contributed by atoms with van der Waals surface area (Å²) in [7, 11) is 0. The van der Waals surface area contributed by atoms with Gasteiger partial charge in [-0.3, -0.25) is 4.79 Å². The third kappa shape index (κ3) is 1.55. The highest BCUT2D eigenvalue weighted by molar-refractivity contribution is 9.10. The number of hydrogen-bond acceptors (Lipinski definition) is 2. The molecule has 1 aliphatic heterocycles. The van der Waals surface area contributed by atoms with Crippen molar-refractivity contribution in [2.75, 3.05) is 0 Å². The van der Waals surface area contributed by atoms with E-state index in [1.54, 1.807) is 17.0 Å². The van der Waals surface area contributed by atoms with Crippen molar-refractivity contribution in [2.24, 2.45) is 0 Å². The third-order valence-corrected chi connectivity index (χ3v) is 4.27. The van der Waals surface area contributed by atoms with E-state index in [1.165, 1.54) is 0 Å². The maximum Gasteiger partial charge on any atom is 0.262 e. The number of amides is 1. The second-order valence-corrected chi connectivity index (χ2v) is 6.46. The molecule has 1 N–H and O–H groups in total. The van der Waals surface area contributed by atoms with Gasteiger partial charge >= 0.3 is 0 Å². The predicted molar refractivity (Wildman–Crippen MR) is 74.1 cm³/mol.